The number of carbonyl (C=O) groups excluding carboxylic acids is 2. The van der Waals surface area contributed by atoms with E-state index in [0.717, 1.165) is 38.5 Å². The second-order valence-corrected chi connectivity index (χ2v) is 8.17. The van der Waals surface area contributed by atoms with E-state index in [1.165, 1.54) is 13.5 Å². The van der Waals surface area contributed by atoms with Gasteiger partial charge in [-0.2, -0.15) is 0 Å². The lowest BCUT2D eigenvalue weighted by atomic mass is 9.80. The molecule has 2 aliphatic carbocycles. The minimum absolute atomic E-state index is 0.135. The highest BCUT2D eigenvalue weighted by Crippen LogP contribution is 2.50. The van der Waals surface area contributed by atoms with Crippen molar-refractivity contribution >= 4 is 11.8 Å². The van der Waals surface area contributed by atoms with Crippen molar-refractivity contribution in [3.63, 3.8) is 0 Å². The smallest absolute Gasteiger partial charge is 0.305 e. The van der Waals surface area contributed by atoms with Crippen molar-refractivity contribution in [1.82, 2.24) is 0 Å². The maximum atomic E-state index is 12.4. The molecule has 0 aromatic heterocycles. The van der Waals surface area contributed by atoms with Gasteiger partial charge in [0.2, 0.25) is 0 Å². The number of carbonyl (C=O) groups is 2. The van der Waals surface area contributed by atoms with E-state index in [1.807, 2.05) is 6.08 Å². The first kappa shape index (κ1) is 21.7. The predicted molar refractivity (Wildman–Crippen MR) is 110 cm³/mol. The fourth-order valence-corrected chi connectivity index (χ4v) is 4.44. The second-order valence-electron chi connectivity index (χ2n) is 8.17. The number of methoxy groups -OCH3 is 1. The highest BCUT2D eigenvalue weighted by Gasteiger charge is 2.42. The number of rotatable bonds is 12. The third-order valence-corrected chi connectivity index (χ3v) is 6.20. The molecule has 3 heteroatoms. The largest absolute Gasteiger partial charge is 0.469 e. The maximum Gasteiger partial charge on any atom is 0.305 e. The zero-order chi connectivity index (χ0) is 19.6. The Labute approximate surface area is 164 Å². The lowest BCUT2D eigenvalue weighted by Crippen LogP contribution is -2.18. The van der Waals surface area contributed by atoms with E-state index in [0.29, 0.717) is 30.1 Å². The van der Waals surface area contributed by atoms with Gasteiger partial charge in [0.25, 0.3) is 0 Å². The first-order chi connectivity index (χ1) is 13.1. The van der Waals surface area contributed by atoms with Gasteiger partial charge in [0.1, 0.15) is 0 Å². The van der Waals surface area contributed by atoms with Gasteiger partial charge in [-0.1, -0.05) is 57.1 Å². The Morgan fingerprint density at radius 1 is 1.19 bits per heavy atom. The van der Waals surface area contributed by atoms with Crippen molar-refractivity contribution in [2.24, 2.45) is 29.6 Å². The quantitative estimate of drug-likeness (QED) is 0.192. The fraction of sp³-hybridized carbons (Fsp3) is 0.667. The molecule has 150 valence electrons. The lowest BCUT2D eigenvalue weighted by molar-refractivity contribution is -0.140. The average Bonchev–Trinajstić information content (AvgIpc) is 3.28. The van der Waals surface area contributed by atoms with Gasteiger partial charge < -0.3 is 4.74 Å². The number of esters is 1. The molecule has 0 aromatic carbocycles. The molecule has 0 spiro atoms. The zero-order valence-electron chi connectivity index (χ0n) is 17.2. The number of hydrogen-bond donors (Lipinski definition) is 0. The van der Waals surface area contributed by atoms with Crippen LogP contribution >= 0.6 is 0 Å². The van der Waals surface area contributed by atoms with Crippen molar-refractivity contribution in [3.05, 3.63) is 36.5 Å². The zero-order valence-corrected chi connectivity index (χ0v) is 17.2. The highest BCUT2D eigenvalue weighted by atomic mass is 16.5. The highest BCUT2D eigenvalue weighted by molar-refractivity contribution is 5.91. The molecule has 0 saturated heterocycles. The molecule has 1 fully saturated rings. The monoisotopic (exact) mass is 372 g/mol. The van der Waals surface area contributed by atoms with E-state index < -0.39 is 0 Å². The van der Waals surface area contributed by atoms with Crippen LogP contribution in [0, 0.1) is 29.6 Å². The van der Waals surface area contributed by atoms with Gasteiger partial charge in [-0.25, -0.2) is 0 Å². The molecule has 0 heterocycles. The van der Waals surface area contributed by atoms with Gasteiger partial charge in [-0.05, 0) is 61.9 Å². The molecule has 3 unspecified atom stereocenters. The lowest BCUT2D eigenvalue weighted by Gasteiger charge is -2.24. The fourth-order valence-electron chi connectivity index (χ4n) is 4.44. The summed E-state index contributed by atoms with van der Waals surface area (Å²) in [7, 11) is 1.43. The van der Waals surface area contributed by atoms with Gasteiger partial charge >= 0.3 is 5.97 Å². The maximum absolute atomic E-state index is 12.4. The summed E-state index contributed by atoms with van der Waals surface area (Å²) in [4.78, 5) is 23.5. The summed E-state index contributed by atoms with van der Waals surface area (Å²) >= 11 is 0. The van der Waals surface area contributed by atoms with Crippen LogP contribution in [0.15, 0.2) is 36.5 Å². The van der Waals surface area contributed by atoms with Crippen LogP contribution in [0.1, 0.15) is 65.2 Å². The second kappa shape index (κ2) is 11.3. The van der Waals surface area contributed by atoms with Crippen LogP contribution in [-0.4, -0.2) is 18.9 Å². The van der Waals surface area contributed by atoms with Crippen molar-refractivity contribution in [2.45, 2.75) is 65.2 Å². The average molecular weight is 373 g/mol. The van der Waals surface area contributed by atoms with Crippen LogP contribution in [0.25, 0.3) is 0 Å². The summed E-state index contributed by atoms with van der Waals surface area (Å²) in [6, 6.07) is 0. The molecule has 5 atom stereocenters. The Kier molecular flexibility index (Phi) is 9.03. The van der Waals surface area contributed by atoms with E-state index in [2.05, 4.69) is 49.0 Å². The minimum atomic E-state index is -0.135. The van der Waals surface area contributed by atoms with Crippen LogP contribution in [0.2, 0.25) is 0 Å². The molecule has 27 heavy (non-hydrogen) atoms. The molecular weight excluding hydrogens is 336 g/mol. The number of ketones is 1. The topological polar surface area (TPSA) is 43.4 Å². The molecular formula is C24H36O3. The Morgan fingerprint density at radius 3 is 2.70 bits per heavy atom. The van der Waals surface area contributed by atoms with Crippen LogP contribution < -0.4 is 0 Å². The van der Waals surface area contributed by atoms with E-state index in [9.17, 15) is 9.59 Å². The molecule has 2 aliphatic rings. The Morgan fingerprint density at radius 2 is 1.96 bits per heavy atom. The predicted octanol–water partition coefficient (Wildman–Crippen LogP) is 5.67. The summed E-state index contributed by atoms with van der Waals surface area (Å²) in [5.74, 6) is 2.63. The van der Waals surface area contributed by atoms with Crippen molar-refractivity contribution in [2.75, 3.05) is 7.11 Å². The number of hydrogen-bond acceptors (Lipinski definition) is 3. The van der Waals surface area contributed by atoms with Gasteiger partial charge in [-0.15, -0.1) is 0 Å². The normalized spacial score (nSPS) is 27.7. The van der Waals surface area contributed by atoms with Crippen molar-refractivity contribution < 1.29 is 14.3 Å². The summed E-state index contributed by atoms with van der Waals surface area (Å²) in [5, 5.41) is 0. The van der Waals surface area contributed by atoms with E-state index in [4.69, 9.17) is 0 Å². The number of unbranched alkanes of at least 4 members (excludes halogenated alkanes) is 2. The third kappa shape index (κ3) is 6.48. The molecule has 0 aliphatic heterocycles. The molecule has 2 bridgehead atoms. The molecule has 0 radical (unpaired) electrons. The molecule has 0 N–H and O–H groups in total. The summed E-state index contributed by atoms with van der Waals surface area (Å²) in [6.07, 6.45) is 21.0. The molecule has 2 rings (SSSR count). The molecule has 3 nitrogen and oxygen atoms in total. The molecule has 0 aromatic rings. The van der Waals surface area contributed by atoms with E-state index in [1.54, 1.807) is 0 Å². The van der Waals surface area contributed by atoms with Crippen molar-refractivity contribution in [3.8, 4) is 0 Å². The Balaban J connectivity index is 1.82. The van der Waals surface area contributed by atoms with Crippen LogP contribution in [0.5, 0.6) is 0 Å². The van der Waals surface area contributed by atoms with E-state index >= 15 is 0 Å². The number of fused-ring (bicyclic) bond motifs is 2. The Hall–Kier alpha value is -1.64. The van der Waals surface area contributed by atoms with Gasteiger partial charge in [0.05, 0.1) is 7.11 Å². The summed E-state index contributed by atoms with van der Waals surface area (Å²) in [5.41, 5.74) is 0. The first-order valence-corrected chi connectivity index (χ1v) is 10.7. The van der Waals surface area contributed by atoms with Crippen molar-refractivity contribution in [1.29, 1.82) is 0 Å². The van der Waals surface area contributed by atoms with E-state index in [-0.39, 0.29) is 17.7 Å². The van der Waals surface area contributed by atoms with Gasteiger partial charge in [0.15, 0.2) is 5.78 Å². The van der Waals surface area contributed by atoms with Gasteiger partial charge in [0, 0.05) is 12.3 Å². The standard InChI is InChI=1S/C24H36O3/c1-4-5-10-18(2)23(25)16-15-22-20-14-13-19(17-20)21(22)11-8-6-7-9-12-24(26)27-3/h6,8,13-16,18-22H,4-5,7,9-12,17H2,1-3H3/b8-6-,16-15?/t18?,19-,20-,21?,22?/m0/s1. The first-order valence-electron chi connectivity index (χ1n) is 10.7. The van der Waals surface area contributed by atoms with Crippen LogP contribution in [0.4, 0.5) is 0 Å². The number of ether oxygens (including phenoxy) is 1. The Bertz CT molecular complexity index is 572. The minimum Gasteiger partial charge on any atom is -0.469 e. The molecule has 1 saturated carbocycles. The SMILES string of the molecule is CCCCC(C)C(=O)C=CC1C(C/C=C\CCCC(=O)OC)[C@H]2C=C[C@H]1C2. The van der Waals surface area contributed by atoms with Crippen LogP contribution in [0.3, 0.4) is 0 Å². The van der Waals surface area contributed by atoms with Crippen LogP contribution in [-0.2, 0) is 14.3 Å². The third-order valence-electron chi connectivity index (χ3n) is 6.20. The van der Waals surface area contributed by atoms with Gasteiger partial charge in [-0.3, -0.25) is 9.59 Å². The summed E-state index contributed by atoms with van der Waals surface area (Å²) < 4.78 is 4.66. The number of allylic oxidation sites excluding steroid dienone is 6. The molecule has 0 amide bonds. The summed E-state index contributed by atoms with van der Waals surface area (Å²) in [6.45, 7) is 4.22.